The van der Waals surface area contributed by atoms with Gasteiger partial charge < -0.3 is 4.74 Å². The maximum absolute atomic E-state index is 12.0. The van der Waals surface area contributed by atoms with Crippen molar-refractivity contribution in [2.45, 2.75) is 104 Å². The van der Waals surface area contributed by atoms with Gasteiger partial charge in [0.1, 0.15) is 0 Å². The van der Waals surface area contributed by atoms with Crippen molar-refractivity contribution in [3.05, 3.63) is 0 Å². The number of esters is 1. The van der Waals surface area contributed by atoms with Crippen LogP contribution in [0.5, 0.6) is 0 Å². The average Bonchev–Trinajstić information content (AvgIpc) is 2.52. The van der Waals surface area contributed by atoms with E-state index in [0.717, 1.165) is 25.7 Å². The molecular formula is C19H38O2. The molecule has 0 N–H and O–H groups in total. The number of rotatable bonds is 14. The SMILES string of the molecule is CCCCCCCCCCCCC(CC)(CC)C(=O)OC. The smallest absolute Gasteiger partial charge is 0.311 e. The molecule has 0 saturated heterocycles. The first-order chi connectivity index (χ1) is 10.2. The Morgan fingerprint density at radius 3 is 1.57 bits per heavy atom. The number of hydrogen-bond acceptors (Lipinski definition) is 2. The second kappa shape index (κ2) is 13.2. The molecule has 126 valence electrons. The fraction of sp³-hybridized carbons (Fsp3) is 0.947. The van der Waals surface area contributed by atoms with Crippen molar-refractivity contribution in [2.24, 2.45) is 5.41 Å². The van der Waals surface area contributed by atoms with E-state index in [1.54, 1.807) is 0 Å². The van der Waals surface area contributed by atoms with E-state index in [0.29, 0.717) is 0 Å². The Bertz CT molecular complexity index is 244. The van der Waals surface area contributed by atoms with Gasteiger partial charge in [-0.25, -0.2) is 0 Å². The number of unbranched alkanes of at least 4 members (excludes halogenated alkanes) is 9. The summed E-state index contributed by atoms with van der Waals surface area (Å²) in [6, 6.07) is 0. The summed E-state index contributed by atoms with van der Waals surface area (Å²) >= 11 is 0. The van der Waals surface area contributed by atoms with Crippen LogP contribution in [0.4, 0.5) is 0 Å². The molecule has 0 aliphatic heterocycles. The molecule has 0 aromatic heterocycles. The van der Waals surface area contributed by atoms with Crippen LogP contribution in [0.3, 0.4) is 0 Å². The van der Waals surface area contributed by atoms with Gasteiger partial charge in [-0.15, -0.1) is 0 Å². The summed E-state index contributed by atoms with van der Waals surface area (Å²) in [5.74, 6) is -0.0107. The fourth-order valence-corrected chi connectivity index (χ4v) is 3.16. The third kappa shape index (κ3) is 8.48. The van der Waals surface area contributed by atoms with Crippen LogP contribution < -0.4 is 0 Å². The van der Waals surface area contributed by atoms with E-state index in [4.69, 9.17) is 4.74 Å². The molecule has 0 bridgehead atoms. The molecule has 0 atom stereocenters. The topological polar surface area (TPSA) is 26.3 Å². The molecule has 0 rings (SSSR count). The first kappa shape index (κ1) is 20.5. The second-order valence-electron chi connectivity index (χ2n) is 6.41. The molecule has 0 radical (unpaired) electrons. The Morgan fingerprint density at radius 2 is 1.19 bits per heavy atom. The second-order valence-corrected chi connectivity index (χ2v) is 6.41. The van der Waals surface area contributed by atoms with Gasteiger partial charge in [-0.3, -0.25) is 4.79 Å². The fourth-order valence-electron chi connectivity index (χ4n) is 3.16. The summed E-state index contributed by atoms with van der Waals surface area (Å²) in [6.45, 7) is 6.48. The zero-order valence-corrected chi connectivity index (χ0v) is 15.0. The van der Waals surface area contributed by atoms with Crippen molar-refractivity contribution in [3.63, 3.8) is 0 Å². The summed E-state index contributed by atoms with van der Waals surface area (Å²) in [5.41, 5.74) is -0.227. The van der Waals surface area contributed by atoms with Crippen molar-refractivity contribution in [2.75, 3.05) is 7.11 Å². The maximum Gasteiger partial charge on any atom is 0.311 e. The number of carbonyl (C=O) groups excluding carboxylic acids is 1. The first-order valence-electron chi connectivity index (χ1n) is 9.25. The molecule has 0 aromatic carbocycles. The molecule has 0 heterocycles. The molecule has 2 heteroatoms. The Hall–Kier alpha value is -0.530. The van der Waals surface area contributed by atoms with Crippen LogP contribution >= 0.6 is 0 Å². The summed E-state index contributed by atoms with van der Waals surface area (Å²) in [6.07, 6.45) is 16.2. The van der Waals surface area contributed by atoms with Crippen LogP contribution in [0.1, 0.15) is 104 Å². The summed E-state index contributed by atoms with van der Waals surface area (Å²) in [5, 5.41) is 0. The van der Waals surface area contributed by atoms with Crippen molar-refractivity contribution in [3.8, 4) is 0 Å². The largest absolute Gasteiger partial charge is 0.469 e. The molecule has 0 saturated carbocycles. The van der Waals surface area contributed by atoms with Crippen LogP contribution in [0.15, 0.2) is 0 Å². The predicted octanol–water partition coefficient (Wildman–Crippen LogP) is 6.28. The zero-order valence-electron chi connectivity index (χ0n) is 15.0. The van der Waals surface area contributed by atoms with Gasteiger partial charge in [0.15, 0.2) is 0 Å². The van der Waals surface area contributed by atoms with Gasteiger partial charge in [0.2, 0.25) is 0 Å². The van der Waals surface area contributed by atoms with Gasteiger partial charge in [0.25, 0.3) is 0 Å². The highest BCUT2D eigenvalue weighted by Crippen LogP contribution is 2.34. The molecule has 21 heavy (non-hydrogen) atoms. The average molecular weight is 299 g/mol. The lowest BCUT2D eigenvalue weighted by atomic mass is 9.77. The standard InChI is InChI=1S/C19H38O2/c1-5-8-9-10-11-12-13-14-15-16-17-19(6-2,7-3)18(20)21-4/h5-17H2,1-4H3. The molecule has 0 fully saturated rings. The van der Waals surface area contributed by atoms with Gasteiger partial charge in [-0.05, 0) is 19.3 Å². The van der Waals surface area contributed by atoms with Crippen LogP contribution in [-0.4, -0.2) is 13.1 Å². The lowest BCUT2D eigenvalue weighted by Gasteiger charge is -2.28. The van der Waals surface area contributed by atoms with E-state index in [-0.39, 0.29) is 11.4 Å². The highest BCUT2D eigenvalue weighted by Gasteiger charge is 2.35. The van der Waals surface area contributed by atoms with Crippen LogP contribution in [0.25, 0.3) is 0 Å². The molecule has 0 unspecified atom stereocenters. The van der Waals surface area contributed by atoms with Gasteiger partial charge in [-0.1, -0.05) is 85.0 Å². The van der Waals surface area contributed by atoms with E-state index in [9.17, 15) is 4.79 Å². The van der Waals surface area contributed by atoms with Crippen molar-refractivity contribution < 1.29 is 9.53 Å². The monoisotopic (exact) mass is 298 g/mol. The lowest BCUT2D eigenvalue weighted by molar-refractivity contribution is -0.154. The third-order valence-electron chi connectivity index (χ3n) is 4.98. The minimum atomic E-state index is -0.227. The van der Waals surface area contributed by atoms with Crippen LogP contribution in [0.2, 0.25) is 0 Å². The first-order valence-corrected chi connectivity index (χ1v) is 9.25. The van der Waals surface area contributed by atoms with E-state index < -0.39 is 0 Å². The number of methoxy groups -OCH3 is 1. The summed E-state index contributed by atoms with van der Waals surface area (Å²) in [7, 11) is 1.51. The lowest BCUT2D eigenvalue weighted by Crippen LogP contribution is -2.31. The van der Waals surface area contributed by atoms with Gasteiger partial charge in [0.05, 0.1) is 12.5 Å². The van der Waals surface area contributed by atoms with Crippen molar-refractivity contribution in [1.29, 1.82) is 0 Å². The van der Waals surface area contributed by atoms with E-state index in [1.807, 2.05) is 0 Å². The maximum atomic E-state index is 12.0. The highest BCUT2D eigenvalue weighted by atomic mass is 16.5. The van der Waals surface area contributed by atoms with E-state index in [1.165, 1.54) is 64.9 Å². The van der Waals surface area contributed by atoms with Crippen molar-refractivity contribution >= 4 is 5.97 Å². The molecule has 0 aliphatic rings. The normalized spacial score (nSPS) is 11.6. The molecule has 0 aliphatic carbocycles. The quantitative estimate of drug-likeness (QED) is 0.279. The minimum Gasteiger partial charge on any atom is -0.469 e. The Labute approximate surface area is 133 Å². The van der Waals surface area contributed by atoms with Gasteiger partial charge in [-0.2, -0.15) is 0 Å². The molecule has 2 nitrogen and oxygen atoms in total. The number of hydrogen-bond donors (Lipinski definition) is 0. The van der Waals surface area contributed by atoms with Gasteiger partial charge in [0, 0.05) is 0 Å². The van der Waals surface area contributed by atoms with Gasteiger partial charge >= 0.3 is 5.97 Å². The number of carbonyl (C=O) groups is 1. The summed E-state index contributed by atoms with van der Waals surface area (Å²) < 4.78 is 5.00. The summed E-state index contributed by atoms with van der Waals surface area (Å²) in [4.78, 5) is 12.0. The number of ether oxygens (including phenoxy) is 1. The minimum absolute atomic E-state index is 0.0107. The zero-order chi connectivity index (χ0) is 16.0. The molecular weight excluding hydrogens is 260 g/mol. The Kier molecular flexibility index (Phi) is 12.8. The molecule has 0 amide bonds. The highest BCUT2D eigenvalue weighted by molar-refractivity contribution is 5.76. The Morgan fingerprint density at radius 1 is 0.762 bits per heavy atom. The van der Waals surface area contributed by atoms with Crippen molar-refractivity contribution in [1.82, 2.24) is 0 Å². The molecule has 0 spiro atoms. The van der Waals surface area contributed by atoms with E-state index >= 15 is 0 Å². The molecule has 0 aromatic rings. The van der Waals surface area contributed by atoms with E-state index in [2.05, 4.69) is 20.8 Å². The van der Waals surface area contributed by atoms with Crippen LogP contribution in [-0.2, 0) is 9.53 Å². The predicted molar refractivity (Wildman–Crippen MR) is 91.5 cm³/mol. The van der Waals surface area contributed by atoms with Crippen LogP contribution in [0, 0.1) is 5.41 Å². The Balaban J connectivity index is 3.66. The third-order valence-corrected chi connectivity index (χ3v) is 4.98.